The molecule has 110 valence electrons. The summed E-state index contributed by atoms with van der Waals surface area (Å²) in [7, 11) is 0. The highest BCUT2D eigenvalue weighted by atomic mass is 16.4. The highest BCUT2D eigenvalue weighted by Crippen LogP contribution is 2.19. The van der Waals surface area contributed by atoms with Gasteiger partial charge in [0, 0.05) is 12.6 Å². The lowest BCUT2D eigenvalue weighted by molar-refractivity contribution is -0.141. The second-order valence-corrected chi connectivity index (χ2v) is 6.12. The molecule has 1 fully saturated rings. The number of carbonyl (C=O) groups excluding carboxylic acids is 1. The van der Waals surface area contributed by atoms with Gasteiger partial charge in [-0.3, -0.25) is 0 Å². The molecule has 0 unspecified atom stereocenters. The Balaban J connectivity index is 2.18. The normalized spacial score (nSPS) is 16.8. The van der Waals surface area contributed by atoms with Crippen molar-refractivity contribution in [2.75, 3.05) is 13.1 Å². The Bertz CT molecular complexity index is 322. The standard InChI is InChI=1S/C13H25N3O3/c1-13(2,3)10(11(17)18)16-12(19)15-8-4-7-14-9-5-6-9/h9-10,14H,4-8H2,1-3H3,(H,17,18)(H2,15,16,19)/t10-/m0/s1. The van der Waals surface area contributed by atoms with Crippen molar-refractivity contribution in [1.29, 1.82) is 0 Å². The van der Waals surface area contributed by atoms with E-state index in [9.17, 15) is 9.59 Å². The lowest BCUT2D eigenvalue weighted by Gasteiger charge is -2.27. The number of rotatable bonds is 7. The van der Waals surface area contributed by atoms with Crippen LogP contribution in [-0.4, -0.2) is 42.3 Å². The molecule has 0 saturated heterocycles. The maximum Gasteiger partial charge on any atom is 0.326 e. The average molecular weight is 271 g/mol. The third-order valence-corrected chi connectivity index (χ3v) is 3.04. The van der Waals surface area contributed by atoms with Gasteiger partial charge in [0.15, 0.2) is 0 Å². The molecule has 1 aliphatic carbocycles. The molecule has 0 aromatic heterocycles. The first kappa shape index (κ1) is 15.8. The van der Waals surface area contributed by atoms with E-state index in [4.69, 9.17) is 5.11 Å². The molecule has 1 rings (SSSR count). The molecule has 0 radical (unpaired) electrons. The predicted octanol–water partition coefficient (Wildman–Crippen LogP) is 0.927. The third kappa shape index (κ3) is 6.42. The summed E-state index contributed by atoms with van der Waals surface area (Å²) in [6.07, 6.45) is 3.34. The molecule has 0 bridgehead atoms. The molecule has 1 atom stereocenters. The number of aliphatic carboxylic acids is 1. The van der Waals surface area contributed by atoms with Crippen LogP contribution in [0.15, 0.2) is 0 Å². The summed E-state index contributed by atoms with van der Waals surface area (Å²) in [5.41, 5.74) is -0.517. The molecule has 2 amide bonds. The van der Waals surface area contributed by atoms with Gasteiger partial charge >= 0.3 is 12.0 Å². The van der Waals surface area contributed by atoms with Crippen molar-refractivity contribution in [1.82, 2.24) is 16.0 Å². The highest BCUT2D eigenvalue weighted by Gasteiger charge is 2.32. The molecule has 0 heterocycles. The van der Waals surface area contributed by atoms with Crippen LogP contribution in [0.1, 0.15) is 40.0 Å². The summed E-state index contributed by atoms with van der Waals surface area (Å²) < 4.78 is 0. The van der Waals surface area contributed by atoms with E-state index in [1.165, 1.54) is 12.8 Å². The summed E-state index contributed by atoms with van der Waals surface area (Å²) in [6.45, 7) is 6.78. The summed E-state index contributed by atoms with van der Waals surface area (Å²) in [6, 6.07) is -0.642. The number of carboxylic acids is 1. The smallest absolute Gasteiger partial charge is 0.326 e. The van der Waals surface area contributed by atoms with Gasteiger partial charge in [0.05, 0.1) is 0 Å². The minimum absolute atomic E-state index is 0.422. The zero-order valence-electron chi connectivity index (χ0n) is 12.0. The van der Waals surface area contributed by atoms with Crippen LogP contribution >= 0.6 is 0 Å². The van der Waals surface area contributed by atoms with Gasteiger partial charge in [-0.25, -0.2) is 9.59 Å². The van der Waals surface area contributed by atoms with E-state index in [0.29, 0.717) is 12.6 Å². The molecule has 6 nitrogen and oxygen atoms in total. The molecule has 4 N–H and O–H groups in total. The lowest BCUT2D eigenvalue weighted by Crippen LogP contribution is -2.52. The SMILES string of the molecule is CC(C)(C)[C@@H](NC(=O)NCCCNC1CC1)C(=O)O. The maximum atomic E-state index is 11.6. The van der Waals surface area contributed by atoms with E-state index in [1.807, 2.05) is 0 Å². The maximum absolute atomic E-state index is 11.6. The van der Waals surface area contributed by atoms with Crippen LogP contribution in [0.25, 0.3) is 0 Å². The van der Waals surface area contributed by atoms with Crippen LogP contribution in [0.3, 0.4) is 0 Å². The molecule has 0 aliphatic heterocycles. The lowest BCUT2D eigenvalue weighted by atomic mass is 9.87. The third-order valence-electron chi connectivity index (χ3n) is 3.04. The topological polar surface area (TPSA) is 90.5 Å². The summed E-state index contributed by atoms with van der Waals surface area (Å²) >= 11 is 0. The van der Waals surface area contributed by atoms with Crippen LogP contribution in [0.5, 0.6) is 0 Å². The van der Waals surface area contributed by atoms with Gasteiger partial charge < -0.3 is 21.1 Å². The Morgan fingerprint density at radius 1 is 1.26 bits per heavy atom. The molecule has 0 aromatic carbocycles. The second-order valence-electron chi connectivity index (χ2n) is 6.12. The van der Waals surface area contributed by atoms with E-state index in [1.54, 1.807) is 20.8 Å². The van der Waals surface area contributed by atoms with Crippen molar-refractivity contribution in [3.05, 3.63) is 0 Å². The minimum Gasteiger partial charge on any atom is -0.480 e. The molecular formula is C13H25N3O3. The minimum atomic E-state index is -1.02. The first-order valence-electron chi connectivity index (χ1n) is 6.81. The fraction of sp³-hybridized carbons (Fsp3) is 0.846. The summed E-state index contributed by atoms with van der Waals surface area (Å²) in [5.74, 6) is -1.02. The summed E-state index contributed by atoms with van der Waals surface area (Å²) in [4.78, 5) is 22.7. The number of amides is 2. The van der Waals surface area contributed by atoms with Crippen molar-refractivity contribution in [2.24, 2.45) is 5.41 Å². The quantitative estimate of drug-likeness (QED) is 0.518. The van der Waals surface area contributed by atoms with Gasteiger partial charge in [-0.2, -0.15) is 0 Å². The fourth-order valence-corrected chi connectivity index (χ4v) is 1.71. The Morgan fingerprint density at radius 3 is 2.37 bits per heavy atom. The molecule has 1 saturated carbocycles. The van der Waals surface area contributed by atoms with Gasteiger partial charge in [-0.05, 0) is 31.2 Å². The molecule has 0 aromatic rings. The van der Waals surface area contributed by atoms with Crippen molar-refractivity contribution in [3.63, 3.8) is 0 Å². The fourth-order valence-electron chi connectivity index (χ4n) is 1.71. The number of urea groups is 1. The Hall–Kier alpha value is -1.30. The van der Waals surface area contributed by atoms with Crippen LogP contribution in [-0.2, 0) is 4.79 Å². The molecule has 6 heteroatoms. The van der Waals surface area contributed by atoms with Gasteiger partial charge in [0.1, 0.15) is 6.04 Å². The van der Waals surface area contributed by atoms with Gasteiger partial charge in [0.2, 0.25) is 0 Å². The largest absolute Gasteiger partial charge is 0.480 e. The number of carboxylic acid groups (broad SMARTS) is 1. The van der Waals surface area contributed by atoms with Gasteiger partial charge in [-0.1, -0.05) is 20.8 Å². The second kappa shape index (κ2) is 6.75. The van der Waals surface area contributed by atoms with E-state index >= 15 is 0 Å². The number of hydrogen-bond donors (Lipinski definition) is 4. The molecule has 19 heavy (non-hydrogen) atoms. The van der Waals surface area contributed by atoms with E-state index in [-0.39, 0.29) is 0 Å². The number of carbonyl (C=O) groups is 2. The Morgan fingerprint density at radius 2 is 1.89 bits per heavy atom. The number of nitrogens with one attached hydrogen (secondary N) is 3. The average Bonchev–Trinajstić information content (AvgIpc) is 3.07. The molecule has 0 spiro atoms. The zero-order chi connectivity index (χ0) is 14.5. The monoisotopic (exact) mass is 271 g/mol. The van der Waals surface area contributed by atoms with Crippen LogP contribution < -0.4 is 16.0 Å². The predicted molar refractivity (Wildman–Crippen MR) is 73.1 cm³/mol. The van der Waals surface area contributed by atoms with Crippen molar-refractivity contribution < 1.29 is 14.7 Å². The van der Waals surface area contributed by atoms with Crippen LogP contribution in [0.2, 0.25) is 0 Å². The van der Waals surface area contributed by atoms with Crippen molar-refractivity contribution in [3.8, 4) is 0 Å². The van der Waals surface area contributed by atoms with E-state index in [0.717, 1.165) is 13.0 Å². The summed E-state index contributed by atoms with van der Waals surface area (Å²) in [5, 5.41) is 17.6. The number of hydrogen-bond acceptors (Lipinski definition) is 3. The van der Waals surface area contributed by atoms with Gasteiger partial charge in [-0.15, -0.1) is 0 Å². The Labute approximate surface area is 114 Å². The van der Waals surface area contributed by atoms with Crippen molar-refractivity contribution in [2.45, 2.75) is 52.1 Å². The first-order valence-corrected chi connectivity index (χ1v) is 6.81. The highest BCUT2D eigenvalue weighted by molar-refractivity contribution is 5.83. The van der Waals surface area contributed by atoms with E-state index in [2.05, 4.69) is 16.0 Å². The molecular weight excluding hydrogens is 246 g/mol. The van der Waals surface area contributed by atoms with Crippen LogP contribution in [0, 0.1) is 5.41 Å². The zero-order valence-corrected chi connectivity index (χ0v) is 12.0. The van der Waals surface area contributed by atoms with Gasteiger partial charge in [0.25, 0.3) is 0 Å². The van der Waals surface area contributed by atoms with Crippen LogP contribution in [0.4, 0.5) is 4.79 Å². The van der Waals surface area contributed by atoms with E-state index < -0.39 is 23.5 Å². The first-order chi connectivity index (χ1) is 8.80. The Kier molecular flexibility index (Phi) is 5.60. The molecule has 1 aliphatic rings. The van der Waals surface area contributed by atoms with Crippen molar-refractivity contribution >= 4 is 12.0 Å².